The van der Waals surface area contributed by atoms with Gasteiger partial charge in [-0.15, -0.1) is 0 Å². The third-order valence-electron chi connectivity index (χ3n) is 4.52. The summed E-state index contributed by atoms with van der Waals surface area (Å²) in [5.41, 5.74) is 1.75. The van der Waals surface area contributed by atoms with Gasteiger partial charge >= 0.3 is 12.6 Å². The van der Waals surface area contributed by atoms with Crippen molar-refractivity contribution in [1.82, 2.24) is 4.98 Å². The first kappa shape index (κ1) is 21.3. The monoisotopic (exact) mass is 417 g/mol. The van der Waals surface area contributed by atoms with Gasteiger partial charge in [0.25, 0.3) is 0 Å². The number of esters is 1. The molecule has 2 aromatic carbocycles. The number of phenolic OH excluding ortho intramolecular Hbond substituents is 1. The van der Waals surface area contributed by atoms with Gasteiger partial charge in [0.15, 0.2) is 5.78 Å². The second kappa shape index (κ2) is 8.52. The molecule has 1 aromatic heterocycles. The zero-order valence-corrected chi connectivity index (χ0v) is 16.6. The summed E-state index contributed by atoms with van der Waals surface area (Å²) < 4.78 is 34.4. The minimum absolute atomic E-state index is 0.0142. The number of hydrogen-bond acceptors (Lipinski definition) is 5. The maximum absolute atomic E-state index is 13.3. The summed E-state index contributed by atoms with van der Waals surface area (Å²) in [5.74, 6) is -2.72. The van der Waals surface area contributed by atoms with Crippen molar-refractivity contribution in [1.29, 1.82) is 0 Å². The Hall–Kier alpha value is -3.42. The predicted octanol–water partition coefficient (Wildman–Crippen LogP) is 4.70. The van der Waals surface area contributed by atoms with Crippen LogP contribution in [0.2, 0.25) is 0 Å². The number of hydrogen-bond donors (Lipinski definition) is 2. The van der Waals surface area contributed by atoms with Crippen LogP contribution in [0.5, 0.6) is 11.5 Å². The fourth-order valence-corrected chi connectivity index (χ4v) is 3.33. The second-order valence-electron chi connectivity index (χ2n) is 7.08. The van der Waals surface area contributed by atoms with E-state index in [1.807, 2.05) is 0 Å². The van der Waals surface area contributed by atoms with Gasteiger partial charge in [-0.05, 0) is 63.2 Å². The number of aryl methyl sites for hydroxylation is 1. The molecule has 1 heterocycles. The van der Waals surface area contributed by atoms with Crippen LogP contribution in [0.15, 0.2) is 42.5 Å². The molecule has 0 fully saturated rings. The highest BCUT2D eigenvalue weighted by Crippen LogP contribution is 2.34. The topological polar surface area (TPSA) is 88.6 Å². The van der Waals surface area contributed by atoms with Crippen LogP contribution >= 0.6 is 0 Å². The van der Waals surface area contributed by atoms with Crippen molar-refractivity contribution in [2.45, 2.75) is 39.4 Å². The predicted molar refractivity (Wildman–Crippen MR) is 106 cm³/mol. The van der Waals surface area contributed by atoms with Crippen LogP contribution in [0.4, 0.5) is 8.78 Å². The minimum atomic E-state index is -2.98. The van der Waals surface area contributed by atoms with E-state index in [0.717, 1.165) is 0 Å². The number of fused-ring (bicyclic) bond motifs is 1. The maximum Gasteiger partial charge on any atom is 0.387 e. The van der Waals surface area contributed by atoms with Gasteiger partial charge in [0.2, 0.25) is 0 Å². The highest BCUT2D eigenvalue weighted by Gasteiger charge is 2.35. The van der Waals surface area contributed by atoms with Gasteiger partial charge in [0.1, 0.15) is 17.4 Å². The maximum atomic E-state index is 13.3. The Bertz CT molecular complexity index is 1070. The highest BCUT2D eigenvalue weighted by molar-refractivity contribution is 6.15. The van der Waals surface area contributed by atoms with Crippen molar-refractivity contribution in [2.24, 2.45) is 0 Å². The number of alkyl halides is 2. The van der Waals surface area contributed by atoms with E-state index in [9.17, 15) is 23.5 Å². The number of benzene rings is 2. The molecule has 30 heavy (non-hydrogen) atoms. The largest absolute Gasteiger partial charge is 0.508 e. The van der Waals surface area contributed by atoms with Gasteiger partial charge in [-0.25, -0.2) is 0 Å². The molecular formula is C22H21F2NO5. The molecule has 1 atom stereocenters. The molecule has 1 unspecified atom stereocenters. The fourth-order valence-electron chi connectivity index (χ4n) is 3.33. The van der Waals surface area contributed by atoms with Crippen LogP contribution in [0.1, 0.15) is 41.4 Å². The van der Waals surface area contributed by atoms with Crippen LogP contribution < -0.4 is 4.74 Å². The average molecular weight is 417 g/mol. The van der Waals surface area contributed by atoms with Gasteiger partial charge in [0.05, 0.1) is 6.10 Å². The third-order valence-corrected chi connectivity index (χ3v) is 4.52. The van der Waals surface area contributed by atoms with E-state index in [2.05, 4.69) is 9.72 Å². The number of nitrogens with one attached hydrogen (secondary N) is 1. The molecule has 158 valence electrons. The Kier molecular flexibility index (Phi) is 6.05. The zero-order chi connectivity index (χ0) is 22.0. The van der Waals surface area contributed by atoms with Crippen molar-refractivity contribution in [3.63, 3.8) is 0 Å². The summed E-state index contributed by atoms with van der Waals surface area (Å²) in [6, 6.07) is 9.71. The molecule has 0 amide bonds. The zero-order valence-electron chi connectivity index (χ0n) is 16.6. The number of carbonyl (C=O) groups is 2. The molecule has 0 aliphatic heterocycles. The lowest BCUT2D eigenvalue weighted by atomic mass is 9.88. The van der Waals surface area contributed by atoms with Gasteiger partial charge in [-0.2, -0.15) is 8.78 Å². The molecule has 8 heteroatoms. The first-order valence-electron chi connectivity index (χ1n) is 9.28. The van der Waals surface area contributed by atoms with Crippen molar-refractivity contribution in [3.05, 3.63) is 59.3 Å². The van der Waals surface area contributed by atoms with Crippen LogP contribution in [-0.2, 0) is 9.53 Å². The number of H-pyrrole nitrogens is 1. The smallest absolute Gasteiger partial charge is 0.387 e. The number of halogens is 2. The van der Waals surface area contributed by atoms with Crippen LogP contribution in [0.3, 0.4) is 0 Å². The van der Waals surface area contributed by atoms with E-state index >= 15 is 0 Å². The van der Waals surface area contributed by atoms with Crippen LogP contribution in [-0.4, -0.2) is 34.6 Å². The SMILES string of the molecule is Cc1[nH]c2ccc(O)cc2c1C(C(=O)OC(C)C)C(=O)c1ccc(OC(F)F)cc1. The third kappa shape index (κ3) is 4.42. The lowest BCUT2D eigenvalue weighted by Gasteiger charge is -2.18. The van der Waals surface area contributed by atoms with Gasteiger partial charge in [0, 0.05) is 27.7 Å². The average Bonchev–Trinajstić information content (AvgIpc) is 2.97. The number of phenols is 1. The number of ether oxygens (including phenoxy) is 2. The van der Waals surface area contributed by atoms with E-state index in [1.165, 1.54) is 36.4 Å². The first-order chi connectivity index (χ1) is 14.2. The summed E-state index contributed by atoms with van der Waals surface area (Å²) in [5, 5.41) is 10.4. The normalized spacial score (nSPS) is 12.4. The molecule has 3 rings (SSSR count). The Balaban J connectivity index is 2.08. The minimum Gasteiger partial charge on any atom is -0.508 e. The first-order valence-corrected chi connectivity index (χ1v) is 9.28. The molecule has 3 aromatic rings. The summed E-state index contributed by atoms with van der Waals surface area (Å²) in [4.78, 5) is 29.3. The van der Waals surface area contributed by atoms with Gasteiger partial charge in [-0.3, -0.25) is 9.59 Å². The summed E-state index contributed by atoms with van der Waals surface area (Å²) >= 11 is 0. The Morgan fingerprint density at radius 2 is 1.73 bits per heavy atom. The van der Waals surface area contributed by atoms with Gasteiger partial charge < -0.3 is 19.6 Å². The molecule has 0 aliphatic rings. The van der Waals surface area contributed by atoms with Gasteiger partial charge in [-0.1, -0.05) is 0 Å². The van der Waals surface area contributed by atoms with Crippen molar-refractivity contribution in [3.8, 4) is 11.5 Å². The Morgan fingerprint density at radius 1 is 1.07 bits per heavy atom. The molecule has 0 bridgehead atoms. The molecule has 0 spiro atoms. The number of ketones is 1. The van der Waals surface area contributed by atoms with E-state index in [4.69, 9.17) is 4.74 Å². The lowest BCUT2D eigenvalue weighted by molar-refractivity contribution is -0.147. The van der Waals surface area contributed by atoms with E-state index in [0.29, 0.717) is 22.2 Å². The van der Waals surface area contributed by atoms with Crippen molar-refractivity contribution >= 4 is 22.7 Å². The second-order valence-corrected chi connectivity index (χ2v) is 7.08. The standard InChI is InChI=1S/C22H21F2NO5/c1-11(2)29-21(28)19(18-12(3)25-17-9-6-14(26)10-16(17)18)20(27)13-4-7-15(8-5-13)30-22(23)24/h4-11,19,22,25-26H,1-3H3. The lowest BCUT2D eigenvalue weighted by Crippen LogP contribution is -2.27. The van der Waals surface area contributed by atoms with Crippen LogP contribution in [0, 0.1) is 6.92 Å². The van der Waals surface area contributed by atoms with E-state index in [-0.39, 0.29) is 17.1 Å². The highest BCUT2D eigenvalue weighted by atomic mass is 19.3. The fraction of sp³-hybridized carbons (Fsp3) is 0.273. The number of aromatic nitrogens is 1. The van der Waals surface area contributed by atoms with Crippen molar-refractivity contribution < 1.29 is 33.0 Å². The molecule has 0 saturated heterocycles. The number of aromatic hydroxyl groups is 1. The molecule has 2 N–H and O–H groups in total. The molecular weight excluding hydrogens is 396 g/mol. The molecule has 0 saturated carbocycles. The number of aromatic amines is 1. The van der Waals surface area contributed by atoms with E-state index in [1.54, 1.807) is 26.8 Å². The summed E-state index contributed by atoms with van der Waals surface area (Å²) in [6.07, 6.45) is -0.450. The quantitative estimate of drug-likeness (QED) is 0.330. The molecule has 0 aliphatic carbocycles. The Morgan fingerprint density at radius 3 is 2.33 bits per heavy atom. The number of carbonyl (C=O) groups excluding carboxylic acids is 2. The summed E-state index contributed by atoms with van der Waals surface area (Å²) in [6.45, 7) is 2.07. The molecule has 6 nitrogen and oxygen atoms in total. The van der Waals surface area contributed by atoms with Crippen LogP contribution in [0.25, 0.3) is 10.9 Å². The number of Topliss-reactive ketones (excluding diaryl/α,β-unsaturated/α-hetero) is 1. The summed E-state index contributed by atoms with van der Waals surface area (Å²) in [7, 11) is 0. The Labute approximate surface area is 171 Å². The van der Waals surface area contributed by atoms with E-state index < -0.39 is 30.4 Å². The number of rotatable bonds is 7. The molecule has 0 radical (unpaired) electrons. The van der Waals surface area contributed by atoms with Crippen molar-refractivity contribution in [2.75, 3.05) is 0 Å².